The van der Waals surface area contributed by atoms with Crippen molar-refractivity contribution < 1.29 is 0 Å². The smallest absolute Gasteiger partial charge is 0.287 e. The second-order valence-electron chi connectivity index (χ2n) is 5.77. The Morgan fingerprint density at radius 1 is 1.55 bits per heavy atom. The van der Waals surface area contributed by atoms with Gasteiger partial charge in [0.2, 0.25) is 0 Å². The molecule has 0 radical (unpaired) electrons. The lowest BCUT2D eigenvalue weighted by molar-refractivity contribution is 0.265. The average Bonchev–Trinajstić information content (AvgIpc) is 2.37. The fourth-order valence-electron chi connectivity index (χ4n) is 2.12. The first-order valence-electron chi connectivity index (χ1n) is 6.84. The number of likely N-dealkylation sites (N-methyl/N-ethyl adjacent to an activating group) is 1. The molecule has 1 saturated carbocycles. The van der Waals surface area contributed by atoms with E-state index >= 15 is 0 Å². The molecule has 0 spiro atoms. The van der Waals surface area contributed by atoms with Crippen molar-refractivity contribution in [3.8, 4) is 0 Å². The van der Waals surface area contributed by atoms with Gasteiger partial charge in [-0.25, -0.2) is 4.68 Å². The quantitative estimate of drug-likeness (QED) is 0.811. The second kappa shape index (κ2) is 6.11. The van der Waals surface area contributed by atoms with Crippen molar-refractivity contribution in [2.75, 3.05) is 32.5 Å². The Bertz CT molecular complexity index is 524. The van der Waals surface area contributed by atoms with Crippen LogP contribution in [-0.4, -0.2) is 47.4 Å². The van der Waals surface area contributed by atoms with E-state index in [1.165, 1.54) is 4.68 Å². The van der Waals surface area contributed by atoms with Crippen LogP contribution >= 0.6 is 11.6 Å². The van der Waals surface area contributed by atoms with Crippen molar-refractivity contribution in [1.29, 1.82) is 0 Å². The Morgan fingerprint density at radius 2 is 2.25 bits per heavy atom. The van der Waals surface area contributed by atoms with Gasteiger partial charge in [-0.2, -0.15) is 5.10 Å². The van der Waals surface area contributed by atoms with E-state index in [-0.39, 0.29) is 16.1 Å². The van der Waals surface area contributed by atoms with Crippen molar-refractivity contribution in [1.82, 2.24) is 14.7 Å². The minimum atomic E-state index is -0.266. The van der Waals surface area contributed by atoms with E-state index in [0.717, 1.165) is 25.8 Å². The Labute approximate surface area is 123 Å². The van der Waals surface area contributed by atoms with E-state index in [4.69, 9.17) is 17.3 Å². The number of anilines is 1. The van der Waals surface area contributed by atoms with Crippen molar-refractivity contribution >= 4 is 17.3 Å². The van der Waals surface area contributed by atoms with Crippen LogP contribution in [0.2, 0.25) is 5.02 Å². The van der Waals surface area contributed by atoms with Crippen molar-refractivity contribution in [2.45, 2.75) is 31.3 Å². The molecule has 7 heteroatoms. The molecule has 1 aliphatic carbocycles. The van der Waals surface area contributed by atoms with Crippen LogP contribution < -0.4 is 16.6 Å². The molecule has 6 nitrogen and oxygen atoms in total. The van der Waals surface area contributed by atoms with Gasteiger partial charge in [-0.3, -0.25) is 4.79 Å². The van der Waals surface area contributed by atoms with Gasteiger partial charge in [0.15, 0.2) is 0 Å². The zero-order valence-corrected chi connectivity index (χ0v) is 12.8. The van der Waals surface area contributed by atoms with E-state index in [9.17, 15) is 4.79 Å². The number of hydrogen-bond donors (Lipinski definition) is 2. The Balaban J connectivity index is 2.04. The van der Waals surface area contributed by atoms with Gasteiger partial charge in [0.1, 0.15) is 5.02 Å². The molecule has 0 amide bonds. The first-order chi connectivity index (χ1) is 9.41. The lowest BCUT2D eigenvalue weighted by Gasteiger charge is -2.38. The van der Waals surface area contributed by atoms with Crippen LogP contribution in [0.15, 0.2) is 11.0 Å². The van der Waals surface area contributed by atoms with Gasteiger partial charge in [-0.15, -0.1) is 0 Å². The van der Waals surface area contributed by atoms with Gasteiger partial charge in [0.25, 0.3) is 5.56 Å². The van der Waals surface area contributed by atoms with Crippen LogP contribution in [0.1, 0.15) is 19.3 Å². The summed E-state index contributed by atoms with van der Waals surface area (Å²) in [6.07, 6.45) is 4.77. The highest BCUT2D eigenvalue weighted by Crippen LogP contribution is 2.29. The van der Waals surface area contributed by atoms with E-state index in [0.29, 0.717) is 18.8 Å². The SMILES string of the molecule is CN(C)CCn1ncc(NCC2(N)CCC2)c(Cl)c1=O. The summed E-state index contributed by atoms with van der Waals surface area (Å²) in [5, 5.41) is 7.47. The van der Waals surface area contributed by atoms with Crippen LogP contribution in [0.25, 0.3) is 0 Å². The summed E-state index contributed by atoms with van der Waals surface area (Å²) in [5.74, 6) is 0. The molecule has 1 fully saturated rings. The lowest BCUT2D eigenvalue weighted by atomic mass is 9.78. The number of rotatable bonds is 6. The minimum Gasteiger partial charge on any atom is -0.381 e. The molecule has 0 saturated heterocycles. The van der Waals surface area contributed by atoms with Crippen LogP contribution in [0, 0.1) is 0 Å². The van der Waals surface area contributed by atoms with Gasteiger partial charge in [-0.05, 0) is 33.4 Å². The molecular weight excluding hydrogens is 278 g/mol. The maximum absolute atomic E-state index is 12.1. The van der Waals surface area contributed by atoms with E-state index in [1.54, 1.807) is 6.20 Å². The second-order valence-corrected chi connectivity index (χ2v) is 6.15. The number of aromatic nitrogens is 2. The third-order valence-electron chi connectivity index (χ3n) is 3.72. The minimum absolute atomic E-state index is 0.164. The number of nitrogens with one attached hydrogen (secondary N) is 1. The van der Waals surface area contributed by atoms with E-state index in [2.05, 4.69) is 10.4 Å². The van der Waals surface area contributed by atoms with Crippen LogP contribution in [0.4, 0.5) is 5.69 Å². The molecule has 1 heterocycles. The van der Waals surface area contributed by atoms with Gasteiger partial charge < -0.3 is 16.0 Å². The first-order valence-corrected chi connectivity index (χ1v) is 7.22. The molecule has 0 atom stereocenters. The van der Waals surface area contributed by atoms with E-state index < -0.39 is 0 Å². The number of nitrogens with zero attached hydrogens (tertiary/aromatic N) is 3. The van der Waals surface area contributed by atoms with Gasteiger partial charge in [0.05, 0.1) is 18.4 Å². The van der Waals surface area contributed by atoms with Crippen molar-refractivity contribution in [2.24, 2.45) is 5.73 Å². The van der Waals surface area contributed by atoms with E-state index in [1.807, 2.05) is 19.0 Å². The third kappa shape index (κ3) is 3.50. The molecule has 1 aromatic rings. The molecule has 112 valence electrons. The summed E-state index contributed by atoms with van der Waals surface area (Å²) in [6, 6.07) is 0. The molecule has 0 aromatic carbocycles. The first kappa shape index (κ1) is 15.3. The maximum atomic E-state index is 12.1. The molecule has 3 N–H and O–H groups in total. The molecule has 0 aliphatic heterocycles. The topological polar surface area (TPSA) is 76.2 Å². The third-order valence-corrected chi connectivity index (χ3v) is 4.09. The summed E-state index contributed by atoms with van der Waals surface area (Å²) >= 11 is 6.11. The lowest BCUT2D eigenvalue weighted by Crippen LogP contribution is -2.52. The Hall–Kier alpha value is -1.11. The molecule has 1 aliphatic rings. The highest BCUT2D eigenvalue weighted by molar-refractivity contribution is 6.32. The van der Waals surface area contributed by atoms with Gasteiger partial charge in [-0.1, -0.05) is 11.6 Å². The summed E-state index contributed by atoms with van der Waals surface area (Å²) in [6.45, 7) is 1.88. The number of hydrogen-bond acceptors (Lipinski definition) is 5. The zero-order chi connectivity index (χ0) is 14.8. The van der Waals surface area contributed by atoms with Crippen LogP contribution in [0.3, 0.4) is 0 Å². The van der Waals surface area contributed by atoms with Gasteiger partial charge in [0, 0.05) is 18.6 Å². The highest BCUT2D eigenvalue weighted by Gasteiger charge is 2.32. The Morgan fingerprint density at radius 3 is 2.80 bits per heavy atom. The summed E-state index contributed by atoms with van der Waals surface area (Å²) in [7, 11) is 3.89. The Kier molecular flexibility index (Phi) is 4.67. The summed E-state index contributed by atoms with van der Waals surface area (Å²) in [4.78, 5) is 14.1. The summed E-state index contributed by atoms with van der Waals surface area (Å²) in [5.41, 5.74) is 6.27. The molecule has 2 rings (SSSR count). The average molecular weight is 300 g/mol. The predicted octanol–water partition coefficient (Wildman–Crippen LogP) is 0.752. The standard InChI is InChI=1S/C13H22ClN5O/c1-18(2)6-7-19-12(20)11(14)10(8-17-19)16-9-13(15)4-3-5-13/h8,16H,3-7,9,15H2,1-2H3. The normalized spacial score (nSPS) is 17.1. The van der Waals surface area contributed by atoms with Crippen LogP contribution in [-0.2, 0) is 6.54 Å². The molecular formula is C13H22ClN5O. The highest BCUT2D eigenvalue weighted by atomic mass is 35.5. The zero-order valence-electron chi connectivity index (χ0n) is 12.0. The molecule has 20 heavy (non-hydrogen) atoms. The fourth-order valence-corrected chi connectivity index (χ4v) is 2.33. The largest absolute Gasteiger partial charge is 0.381 e. The molecule has 1 aromatic heterocycles. The van der Waals surface area contributed by atoms with Gasteiger partial charge >= 0.3 is 0 Å². The number of nitrogens with two attached hydrogens (primary N) is 1. The van der Waals surface area contributed by atoms with Crippen molar-refractivity contribution in [3.05, 3.63) is 21.6 Å². The summed E-state index contributed by atoms with van der Waals surface area (Å²) < 4.78 is 1.38. The molecule has 0 bridgehead atoms. The molecule has 0 unspecified atom stereocenters. The van der Waals surface area contributed by atoms with Crippen molar-refractivity contribution in [3.63, 3.8) is 0 Å². The monoisotopic (exact) mass is 299 g/mol. The predicted molar refractivity (Wildman–Crippen MR) is 81.3 cm³/mol. The fraction of sp³-hybridized carbons (Fsp3) is 0.692. The maximum Gasteiger partial charge on any atom is 0.287 e. The number of halogens is 1. The van der Waals surface area contributed by atoms with Crippen LogP contribution in [0.5, 0.6) is 0 Å².